The fraction of sp³-hybridized carbons (Fsp3) is 0.556. The number of carbonyl (C=O) groups excluding carboxylic acids is 2. The lowest BCUT2D eigenvalue weighted by atomic mass is 10.0. The Labute approximate surface area is 137 Å². The molecule has 1 fully saturated rings. The number of ether oxygens (including phenoxy) is 2. The molecule has 0 spiro atoms. The predicted octanol–water partition coefficient (Wildman–Crippen LogP) is 2.74. The first kappa shape index (κ1) is 17.5. The minimum atomic E-state index is -0.584. The normalized spacial score (nSPS) is 18.6. The van der Waals surface area contributed by atoms with Gasteiger partial charge in [-0.1, -0.05) is 29.8 Å². The molecule has 23 heavy (non-hydrogen) atoms. The zero-order valence-corrected chi connectivity index (χ0v) is 14.3. The van der Waals surface area contributed by atoms with Gasteiger partial charge in [0.05, 0.1) is 13.2 Å². The molecule has 0 saturated carbocycles. The summed E-state index contributed by atoms with van der Waals surface area (Å²) in [7, 11) is 0. The molecule has 1 saturated heterocycles. The molecule has 0 aliphatic carbocycles. The zero-order chi connectivity index (χ0) is 17.0. The van der Waals surface area contributed by atoms with Crippen LogP contribution >= 0.6 is 0 Å². The first-order chi connectivity index (χ1) is 10.8. The summed E-state index contributed by atoms with van der Waals surface area (Å²) in [5, 5.41) is 0. The highest BCUT2D eigenvalue weighted by atomic mass is 16.6. The number of amides is 1. The summed E-state index contributed by atoms with van der Waals surface area (Å²) in [6, 6.07) is 7.25. The number of nitrogens with zero attached hydrogens (tertiary/aromatic N) is 1. The number of carbonyl (C=O) groups is 2. The summed E-state index contributed by atoms with van der Waals surface area (Å²) in [6.45, 7) is 8.46. The summed E-state index contributed by atoms with van der Waals surface area (Å²) in [4.78, 5) is 26.5. The van der Waals surface area contributed by atoms with E-state index in [0.29, 0.717) is 13.2 Å². The largest absolute Gasteiger partial charge is 0.444 e. The molecule has 5 nitrogen and oxygen atoms in total. The van der Waals surface area contributed by atoms with Crippen molar-refractivity contribution in [2.75, 3.05) is 19.8 Å². The molecule has 0 bridgehead atoms. The SMILES string of the molecule is Cc1cccc(CC(=O)C2COCCN2C(=O)OC(C)(C)C)c1. The van der Waals surface area contributed by atoms with E-state index in [4.69, 9.17) is 9.47 Å². The van der Waals surface area contributed by atoms with Crippen LogP contribution in [0.25, 0.3) is 0 Å². The molecule has 5 heteroatoms. The maximum absolute atomic E-state index is 12.6. The lowest BCUT2D eigenvalue weighted by molar-refractivity contribution is -0.129. The third-order valence-electron chi connectivity index (χ3n) is 3.59. The molecule has 1 atom stereocenters. The molecule has 1 heterocycles. The molecule has 1 unspecified atom stereocenters. The molecule has 2 rings (SSSR count). The van der Waals surface area contributed by atoms with Crippen molar-refractivity contribution in [3.8, 4) is 0 Å². The Morgan fingerprint density at radius 1 is 1.35 bits per heavy atom. The van der Waals surface area contributed by atoms with Gasteiger partial charge in [-0.3, -0.25) is 9.69 Å². The second-order valence-corrected chi connectivity index (χ2v) is 6.90. The van der Waals surface area contributed by atoms with Gasteiger partial charge in [0, 0.05) is 13.0 Å². The van der Waals surface area contributed by atoms with Crippen LogP contribution in [0.4, 0.5) is 4.79 Å². The summed E-state index contributed by atoms with van der Waals surface area (Å²) >= 11 is 0. The monoisotopic (exact) mass is 319 g/mol. The van der Waals surface area contributed by atoms with Crippen LogP contribution in [0.3, 0.4) is 0 Å². The number of morpholine rings is 1. The van der Waals surface area contributed by atoms with Crippen molar-refractivity contribution < 1.29 is 19.1 Å². The van der Waals surface area contributed by atoms with Gasteiger partial charge in [-0.15, -0.1) is 0 Å². The maximum atomic E-state index is 12.6. The fourth-order valence-electron chi connectivity index (χ4n) is 2.55. The van der Waals surface area contributed by atoms with Gasteiger partial charge >= 0.3 is 6.09 Å². The van der Waals surface area contributed by atoms with Gasteiger partial charge in [0.2, 0.25) is 0 Å². The number of Topliss-reactive ketones (excluding diaryl/α,β-unsaturated/α-hetero) is 1. The number of benzene rings is 1. The van der Waals surface area contributed by atoms with Crippen molar-refractivity contribution in [2.24, 2.45) is 0 Å². The van der Waals surface area contributed by atoms with Crippen LogP contribution in [-0.4, -0.2) is 48.2 Å². The summed E-state index contributed by atoms with van der Waals surface area (Å²) in [5.74, 6) is -0.0267. The second kappa shape index (κ2) is 7.13. The lowest BCUT2D eigenvalue weighted by Gasteiger charge is -2.35. The smallest absolute Gasteiger partial charge is 0.411 e. The predicted molar refractivity (Wildman–Crippen MR) is 87.4 cm³/mol. The second-order valence-electron chi connectivity index (χ2n) is 6.90. The Morgan fingerprint density at radius 2 is 2.09 bits per heavy atom. The van der Waals surface area contributed by atoms with E-state index in [1.807, 2.05) is 52.0 Å². The van der Waals surface area contributed by atoms with E-state index in [-0.39, 0.29) is 18.8 Å². The first-order valence-electron chi connectivity index (χ1n) is 7.92. The van der Waals surface area contributed by atoms with Gasteiger partial charge in [0.1, 0.15) is 11.6 Å². The molecule has 1 aromatic rings. The quantitative estimate of drug-likeness (QED) is 0.859. The van der Waals surface area contributed by atoms with E-state index in [1.54, 1.807) is 0 Å². The van der Waals surface area contributed by atoms with Crippen molar-refractivity contribution >= 4 is 11.9 Å². The average molecular weight is 319 g/mol. The van der Waals surface area contributed by atoms with E-state index in [1.165, 1.54) is 4.90 Å². The maximum Gasteiger partial charge on any atom is 0.411 e. The topological polar surface area (TPSA) is 55.8 Å². The molecular formula is C18H25NO4. The fourth-order valence-corrected chi connectivity index (χ4v) is 2.55. The van der Waals surface area contributed by atoms with E-state index in [0.717, 1.165) is 11.1 Å². The Kier molecular flexibility index (Phi) is 5.42. The Bertz CT molecular complexity index is 577. The number of ketones is 1. The van der Waals surface area contributed by atoms with Gasteiger partial charge in [-0.25, -0.2) is 4.79 Å². The Morgan fingerprint density at radius 3 is 2.74 bits per heavy atom. The van der Waals surface area contributed by atoms with E-state index >= 15 is 0 Å². The lowest BCUT2D eigenvalue weighted by Crippen LogP contribution is -2.54. The average Bonchev–Trinajstić information content (AvgIpc) is 2.45. The van der Waals surface area contributed by atoms with Crippen molar-refractivity contribution in [3.63, 3.8) is 0 Å². The van der Waals surface area contributed by atoms with Crippen molar-refractivity contribution in [1.29, 1.82) is 0 Å². The van der Waals surface area contributed by atoms with Crippen LogP contribution < -0.4 is 0 Å². The van der Waals surface area contributed by atoms with Gasteiger partial charge in [0.15, 0.2) is 5.78 Å². The molecular weight excluding hydrogens is 294 g/mol. The van der Waals surface area contributed by atoms with Crippen LogP contribution in [0.2, 0.25) is 0 Å². The number of aryl methyl sites for hydroxylation is 1. The van der Waals surface area contributed by atoms with Gasteiger partial charge < -0.3 is 9.47 Å². The number of hydrogen-bond donors (Lipinski definition) is 0. The summed E-state index contributed by atoms with van der Waals surface area (Å²) in [6.07, 6.45) is -0.168. The van der Waals surface area contributed by atoms with Gasteiger partial charge in [0.25, 0.3) is 0 Å². The van der Waals surface area contributed by atoms with Crippen LogP contribution in [0.5, 0.6) is 0 Å². The minimum absolute atomic E-state index is 0.0267. The number of rotatable bonds is 3. The van der Waals surface area contributed by atoms with Crippen LogP contribution in [0, 0.1) is 6.92 Å². The third kappa shape index (κ3) is 5.06. The Balaban J connectivity index is 2.08. The van der Waals surface area contributed by atoms with Crippen LogP contribution in [-0.2, 0) is 20.7 Å². The van der Waals surface area contributed by atoms with E-state index in [9.17, 15) is 9.59 Å². The van der Waals surface area contributed by atoms with Gasteiger partial charge in [-0.05, 0) is 33.3 Å². The molecule has 1 aromatic carbocycles. The molecule has 0 N–H and O–H groups in total. The first-order valence-corrected chi connectivity index (χ1v) is 7.92. The number of hydrogen-bond acceptors (Lipinski definition) is 4. The zero-order valence-electron chi connectivity index (χ0n) is 14.3. The Hall–Kier alpha value is -1.88. The highest BCUT2D eigenvalue weighted by molar-refractivity contribution is 5.89. The standard InChI is InChI=1S/C18H25NO4/c1-13-6-5-7-14(10-13)11-16(20)15-12-22-9-8-19(15)17(21)23-18(2,3)4/h5-7,10,15H,8-9,11-12H2,1-4H3. The molecule has 1 aliphatic heterocycles. The third-order valence-corrected chi connectivity index (χ3v) is 3.59. The van der Waals surface area contributed by atoms with Crippen molar-refractivity contribution in [3.05, 3.63) is 35.4 Å². The van der Waals surface area contributed by atoms with Gasteiger partial charge in [-0.2, -0.15) is 0 Å². The van der Waals surface area contributed by atoms with Crippen molar-refractivity contribution in [2.45, 2.75) is 45.8 Å². The molecule has 0 aromatic heterocycles. The van der Waals surface area contributed by atoms with Crippen molar-refractivity contribution in [1.82, 2.24) is 4.90 Å². The molecule has 1 amide bonds. The molecule has 126 valence electrons. The highest BCUT2D eigenvalue weighted by Crippen LogP contribution is 2.17. The van der Waals surface area contributed by atoms with Crippen LogP contribution in [0.1, 0.15) is 31.9 Å². The molecule has 0 radical (unpaired) electrons. The van der Waals surface area contributed by atoms with E-state index in [2.05, 4.69) is 0 Å². The highest BCUT2D eigenvalue weighted by Gasteiger charge is 2.35. The minimum Gasteiger partial charge on any atom is -0.444 e. The molecule has 1 aliphatic rings. The summed E-state index contributed by atoms with van der Waals surface area (Å²) < 4.78 is 10.8. The van der Waals surface area contributed by atoms with E-state index < -0.39 is 17.7 Å². The summed E-state index contributed by atoms with van der Waals surface area (Å²) in [5.41, 5.74) is 1.48. The van der Waals surface area contributed by atoms with Crippen LogP contribution in [0.15, 0.2) is 24.3 Å².